The molecule has 0 aromatic heterocycles. The summed E-state index contributed by atoms with van der Waals surface area (Å²) in [6.45, 7) is 4.19. The summed E-state index contributed by atoms with van der Waals surface area (Å²) in [5, 5.41) is 0.639. The fraction of sp³-hybridized carbons (Fsp3) is 0.455. The molecule has 4 heteroatoms. The highest BCUT2D eigenvalue weighted by atomic mass is 35.5. The van der Waals surface area contributed by atoms with Crippen molar-refractivity contribution in [2.24, 2.45) is 5.73 Å². The van der Waals surface area contributed by atoms with Crippen LogP contribution in [-0.2, 0) is 6.42 Å². The largest absolute Gasteiger partial charge is 0.454 e. The molecular weight excluding hydrogens is 214 g/mol. The molecule has 0 aliphatic carbocycles. The van der Waals surface area contributed by atoms with Crippen molar-refractivity contribution in [2.45, 2.75) is 26.3 Å². The summed E-state index contributed by atoms with van der Waals surface area (Å²) in [5.41, 5.74) is 7.92. The zero-order valence-corrected chi connectivity index (χ0v) is 9.60. The van der Waals surface area contributed by atoms with E-state index in [9.17, 15) is 0 Å². The Bertz CT molecular complexity index is 391. The molecule has 2 N–H and O–H groups in total. The molecule has 15 heavy (non-hydrogen) atoms. The van der Waals surface area contributed by atoms with Crippen molar-refractivity contribution in [3.05, 3.63) is 22.2 Å². The number of rotatable bonds is 2. The van der Waals surface area contributed by atoms with Crippen LogP contribution in [0.1, 0.15) is 18.1 Å². The van der Waals surface area contributed by atoms with Gasteiger partial charge in [0.05, 0.1) is 5.02 Å². The summed E-state index contributed by atoms with van der Waals surface area (Å²) in [5.74, 6) is 1.38. The summed E-state index contributed by atoms with van der Waals surface area (Å²) < 4.78 is 10.6. The van der Waals surface area contributed by atoms with Gasteiger partial charge in [-0.3, -0.25) is 0 Å². The van der Waals surface area contributed by atoms with Gasteiger partial charge in [-0.25, -0.2) is 0 Å². The van der Waals surface area contributed by atoms with Gasteiger partial charge in [0.25, 0.3) is 0 Å². The second-order valence-electron chi connectivity index (χ2n) is 3.89. The maximum atomic E-state index is 6.18. The summed E-state index contributed by atoms with van der Waals surface area (Å²) >= 11 is 6.18. The Morgan fingerprint density at radius 1 is 1.53 bits per heavy atom. The minimum Gasteiger partial charge on any atom is -0.454 e. The van der Waals surface area contributed by atoms with Crippen LogP contribution in [0.25, 0.3) is 0 Å². The molecule has 0 amide bonds. The van der Waals surface area contributed by atoms with E-state index in [1.54, 1.807) is 0 Å². The van der Waals surface area contributed by atoms with Crippen LogP contribution < -0.4 is 15.2 Å². The Labute approximate surface area is 94.1 Å². The minimum atomic E-state index is 0.111. The SMILES string of the molecule is Cc1c(CC(C)N)cc2c(c1Cl)OCO2. The number of benzene rings is 1. The standard InChI is InChI=1S/C11H14ClNO2/c1-6(13)3-8-4-9-11(15-5-14-9)10(12)7(8)2/h4,6H,3,5,13H2,1-2H3. The van der Waals surface area contributed by atoms with Crippen LogP contribution in [0.4, 0.5) is 0 Å². The molecular formula is C11H14ClNO2. The number of nitrogens with two attached hydrogens (primary N) is 1. The minimum absolute atomic E-state index is 0.111. The van der Waals surface area contributed by atoms with Crippen molar-refractivity contribution >= 4 is 11.6 Å². The smallest absolute Gasteiger partial charge is 0.231 e. The third-order valence-corrected chi connectivity index (χ3v) is 2.95. The first-order chi connectivity index (χ1) is 7.09. The lowest BCUT2D eigenvalue weighted by atomic mass is 10.0. The quantitative estimate of drug-likeness (QED) is 0.843. The van der Waals surface area contributed by atoms with Gasteiger partial charge in [-0.05, 0) is 37.5 Å². The Balaban J connectivity index is 2.44. The molecule has 0 saturated carbocycles. The van der Waals surface area contributed by atoms with E-state index in [2.05, 4.69) is 0 Å². The molecule has 0 radical (unpaired) electrons. The Hall–Kier alpha value is -0.930. The molecule has 1 aliphatic heterocycles. The maximum Gasteiger partial charge on any atom is 0.231 e. The lowest BCUT2D eigenvalue weighted by Crippen LogP contribution is -2.18. The Morgan fingerprint density at radius 3 is 2.93 bits per heavy atom. The molecule has 1 aliphatic rings. The lowest BCUT2D eigenvalue weighted by molar-refractivity contribution is 0.174. The van der Waals surface area contributed by atoms with Crippen molar-refractivity contribution in [3.8, 4) is 11.5 Å². The van der Waals surface area contributed by atoms with Crippen LogP contribution in [0, 0.1) is 6.92 Å². The third-order valence-electron chi connectivity index (χ3n) is 2.50. The molecule has 1 heterocycles. The van der Waals surface area contributed by atoms with Crippen molar-refractivity contribution in [1.29, 1.82) is 0 Å². The van der Waals surface area contributed by atoms with Gasteiger partial charge in [-0.2, -0.15) is 0 Å². The molecule has 1 unspecified atom stereocenters. The fourth-order valence-electron chi connectivity index (χ4n) is 1.70. The predicted octanol–water partition coefficient (Wildman–Crippen LogP) is 2.27. The first kappa shape index (κ1) is 10.6. The van der Waals surface area contributed by atoms with Gasteiger partial charge in [-0.15, -0.1) is 0 Å². The lowest BCUT2D eigenvalue weighted by Gasteiger charge is -2.11. The zero-order valence-electron chi connectivity index (χ0n) is 8.84. The second kappa shape index (κ2) is 3.91. The fourth-order valence-corrected chi connectivity index (χ4v) is 1.97. The van der Waals surface area contributed by atoms with Crippen LogP contribution in [0.5, 0.6) is 11.5 Å². The Morgan fingerprint density at radius 2 is 2.27 bits per heavy atom. The third kappa shape index (κ3) is 1.90. The van der Waals surface area contributed by atoms with Gasteiger partial charge >= 0.3 is 0 Å². The van der Waals surface area contributed by atoms with Crippen molar-refractivity contribution in [1.82, 2.24) is 0 Å². The van der Waals surface area contributed by atoms with E-state index in [1.165, 1.54) is 0 Å². The zero-order chi connectivity index (χ0) is 11.0. The van der Waals surface area contributed by atoms with Gasteiger partial charge in [0.1, 0.15) is 0 Å². The summed E-state index contributed by atoms with van der Waals surface area (Å²) in [6, 6.07) is 2.08. The van der Waals surface area contributed by atoms with Crippen LogP contribution in [0.3, 0.4) is 0 Å². The molecule has 2 rings (SSSR count). The predicted molar refractivity (Wildman–Crippen MR) is 59.7 cm³/mol. The highest BCUT2D eigenvalue weighted by Gasteiger charge is 2.21. The van der Waals surface area contributed by atoms with Gasteiger partial charge in [-0.1, -0.05) is 11.6 Å². The van der Waals surface area contributed by atoms with E-state index in [4.69, 9.17) is 26.8 Å². The molecule has 0 saturated heterocycles. The van der Waals surface area contributed by atoms with Gasteiger partial charge in [0, 0.05) is 6.04 Å². The highest BCUT2D eigenvalue weighted by molar-refractivity contribution is 6.33. The summed E-state index contributed by atoms with van der Waals surface area (Å²) in [7, 11) is 0. The molecule has 1 atom stereocenters. The second-order valence-corrected chi connectivity index (χ2v) is 4.27. The van der Waals surface area contributed by atoms with Crippen LogP contribution >= 0.6 is 11.6 Å². The number of hydrogen-bond donors (Lipinski definition) is 1. The first-order valence-electron chi connectivity index (χ1n) is 4.92. The van der Waals surface area contributed by atoms with Crippen molar-refractivity contribution < 1.29 is 9.47 Å². The molecule has 3 nitrogen and oxygen atoms in total. The monoisotopic (exact) mass is 227 g/mol. The number of hydrogen-bond acceptors (Lipinski definition) is 3. The molecule has 1 aromatic carbocycles. The first-order valence-corrected chi connectivity index (χ1v) is 5.30. The van der Waals surface area contributed by atoms with Gasteiger partial charge in [0.2, 0.25) is 6.79 Å². The van der Waals surface area contributed by atoms with Crippen molar-refractivity contribution in [2.75, 3.05) is 6.79 Å². The molecule has 1 aromatic rings. The van der Waals surface area contributed by atoms with Crippen LogP contribution in [0.2, 0.25) is 5.02 Å². The van der Waals surface area contributed by atoms with E-state index < -0.39 is 0 Å². The topological polar surface area (TPSA) is 44.5 Å². The maximum absolute atomic E-state index is 6.18. The number of ether oxygens (including phenoxy) is 2. The number of fused-ring (bicyclic) bond motifs is 1. The van der Waals surface area contributed by atoms with E-state index in [0.717, 1.165) is 23.3 Å². The van der Waals surface area contributed by atoms with E-state index in [1.807, 2.05) is 19.9 Å². The molecule has 82 valence electrons. The van der Waals surface area contributed by atoms with E-state index in [-0.39, 0.29) is 12.8 Å². The Kier molecular flexibility index (Phi) is 2.76. The van der Waals surface area contributed by atoms with Crippen molar-refractivity contribution in [3.63, 3.8) is 0 Å². The highest BCUT2D eigenvalue weighted by Crippen LogP contribution is 2.42. The summed E-state index contributed by atoms with van der Waals surface area (Å²) in [6.07, 6.45) is 0.794. The van der Waals surface area contributed by atoms with Crippen LogP contribution in [-0.4, -0.2) is 12.8 Å². The number of halogens is 1. The summed E-state index contributed by atoms with van der Waals surface area (Å²) in [4.78, 5) is 0. The van der Waals surface area contributed by atoms with E-state index in [0.29, 0.717) is 10.8 Å². The van der Waals surface area contributed by atoms with Gasteiger partial charge in [0.15, 0.2) is 11.5 Å². The molecule has 0 spiro atoms. The molecule has 0 fully saturated rings. The van der Waals surface area contributed by atoms with Crippen LogP contribution in [0.15, 0.2) is 6.07 Å². The average Bonchev–Trinajstić information content (AvgIpc) is 2.61. The van der Waals surface area contributed by atoms with Gasteiger partial charge < -0.3 is 15.2 Å². The molecule has 0 bridgehead atoms. The van der Waals surface area contributed by atoms with E-state index >= 15 is 0 Å². The average molecular weight is 228 g/mol. The normalized spacial score (nSPS) is 15.5.